The molecule has 1 atom stereocenters. The number of rotatable bonds is 8. The zero-order chi connectivity index (χ0) is 20.8. The topological polar surface area (TPSA) is 74.5 Å². The van der Waals surface area contributed by atoms with Gasteiger partial charge < -0.3 is 20.3 Å². The quantitative estimate of drug-likeness (QED) is 0.270. The van der Waals surface area contributed by atoms with E-state index in [1.165, 1.54) is 28.9 Å². The zero-order valence-corrected chi connectivity index (χ0v) is 19.7. The number of imidazole rings is 1. The Balaban J connectivity index is 0.00000420. The number of aliphatic hydroxyl groups is 1. The van der Waals surface area contributed by atoms with Gasteiger partial charge in [-0.25, -0.2) is 9.98 Å². The van der Waals surface area contributed by atoms with Crippen LogP contribution in [0, 0.1) is 0 Å². The monoisotopic (exact) mass is 545 g/mol. The molecule has 0 spiro atoms. The molecule has 0 aliphatic heterocycles. The van der Waals surface area contributed by atoms with Crippen molar-refractivity contribution in [3.63, 3.8) is 0 Å². The van der Waals surface area contributed by atoms with Crippen LogP contribution in [0.25, 0.3) is 0 Å². The first-order valence-electron chi connectivity index (χ1n) is 9.08. The predicted octanol–water partition coefficient (Wildman–Crippen LogP) is 3.56. The lowest BCUT2D eigenvalue weighted by Gasteiger charge is -2.30. The third-order valence-electron chi connectivity index (χ3n) is 4.24. The predicted molar refractivity (Wildman–Crippen MR) is 120 cm³/mol. The van der Waals surface area contributed by atoms with Gasteiger partial charge in [-0.2, -0.15) is 13.2 Å². The van der Waals surface area contributed by atoms with E-state index >= 15 is 0 Å². The smallest absolute Gasteiger partial charge is 0.374 e. The summed E-state index contributed by atoms with van der Waals surface area (Å²) in [7, 11) is 1.42. The molecule has 0 saturated carbocycles. The molecule has 11 heteroatoms. The van der Waals surface area contributed by atoms with Gasteiger partial charge >= 0.3 is 6.18 Å². The molecule has 164 valence electrons. The van der Waals surface area contributed by atoms with Crippen LogP contribution < -0.4 is 10.6 Å². The van der Waals surface area contributed by atoms with E-state index in [0.717, 1.165) is 11.3 Å². The minimum absolute atomic E-state index is 0. The second kappa shape index (κ2) is 11.2. The second-order valence-corrected chi connectivity index (χ2v) is 7.57. The number of thiophene rings is 1. The van der Waals surface area contributed by atoms with Gasteiger partial charge in [0.05, 0.1) is 6.54 Å². The fourth-order valence-electron chi connectivity index (χ4n) is 2.70. The Labute approximate surface area is 189 Å². The largest absolute Gasteiger partial charge is 0.424 e. The summed E-state index contributed by atoms with van der Waals surface area (Å²) in [6.07, 6.45) is -1.88. The molecule has 0 aliphatic carbocycles. The molecule has 0 aromatic carbocycles. The van der Waals surface area contributed by atoms with Crippen LogP contribution in [0.3, 0.4) is 0 Å². The van der Waals surface area contributed by atoms with Crippen molar-refractivity contribution in [3.8, 4) is 0 Å². The van der Waals surface area contributed by atoms with Gasteiger partial charge in [-0.15, -0.1) is 35.3 Å². The number of halogens is 4. The lowest BCUT2D eigenvalue weighted by molar-refractivity contribution is -0.272. The second-order valence-electron chi connectivity index (χ2n) is 6.31. The third kappa shape index (κ3) is 6.57. The van der Waals surface area contributed by atoms with Crippen LogP contribution in [0.5, 0.6) is 0 Å². The van der Waals surface area contributed by atoms with Crippen molar-refractivity contribution in [2.24, 2.45) is 12.0 Å². The number of hydrogen-bond acceptors (Lipinski definition) is 4. The summed E-state index contributed by atoms with van der Waals surface area (Å²) in [5, 5.41) is 16.2. The van der Waals surface area contributed by atoms with Crippen molar-refractivity contribution in [1.29, 1.82) is 0 Å². The molecule has 1 unspecified atom stereocenters. The van der Waals surface area contributed by atoms with Crippen molar-refractivity contribution in [2.75, 3.05) is 13.1 Å². The SMILES string of the molecule is CCNC(=NCc1ccc(CC)s1)NCCC(O)(c1nccn1C)C(F)(F)F.I. The Morgan fingerprint density at radius 1 is 1.24 bits per heavy atom. The van der Waals surface area contributed by atoms with E-state index in [1.54, 1.807) is 11.3 Å². The van der Waals surface area contributed by atoms with E-state index in [4.69, 9.17) is 0 Å². The van der Waals surface area contributed by atoms with Gasteiger partial charge in [0, 0.05) is 48.7 Å². The van der Waals surface area contributed by atoms with Crippen LogP contribution in [0.1, 0.15) is 35.8 Å². The molecule has 3 N–H and O–H groups in total. The van der Waals surface area contributed by atoms with Crippen LogP contribution in [-0.4, -0.2) is 39.9 Å². The molecular weight excluding hydrogens is 518 g/mol. The highest BCUT2D eigenvalue weighted by Gasteiger charge is 2.57. The van der Waals surface area contributed by atoms with Gasteiger partial charge in [-0.3, -0.25) is 0 Å². The fourth-order valence-corrected chi connectivity index (χ4v) is 3.58. The first-order valence-corrected chi connectivity index (χ1v) is 9.89. The van der Waals surface area contributed by atoms with E-state index in [9.17, 15) is 18.3 Å². The number of nitrogens with zero attached hydrogens (tertiary/aromatic N) is 3. The van der Waals surface area contributed by atoms with Crippen LogP contribution in [0.2, 0.25) is 0 Å². The number of aliphatic imine (C=N–C) groups is 1. The molecule has 2 heterocycles. The summed E-state index contributed by atoms with van der Waals surface area (Å²) < 4.78 is 41.8. The van der Waals surface area contributed by atoms with Gasteiger partial charge in [0.2, 0.25) is 5.60 Å². The number of hydrogen-bond donors (Lipinski definition) is 3. The summed E-state index contributed by atoms with van der Waals surface area (Å²) >= 11 is 1.66. The minimum atomic E-state index is -4.85. The third-order valence-corrected chi connectivity index (χ3v) is 5.46. The molecule has 2 aromatic heterocycles. The highest BCUT2D eigenvalue weighted by molar-refractivity contribution is 14.0. The van der Waals surface area contributed by atoms with Crippen LogP contribution in [0.15, 0.2) is 29.5 Å². The van der Waals surface area contributed by atoms with E-state index in [2.05, 4.69) is 27.5 Å². The highest BCUT2D eigenvalue weighted by atomic mass is 127. The van der Waals surface area contributed by atoms with Crippen molar-refractivity contribution >= 4 is 41.3 Å². The van der Waals surface area contributed by atoms with Gasteiger partial charge in [0.15, 0.2) is 5.96 Å². The van der Waals surface area contributed by atoms with E-state index in [-0.39, 0.29) is 30.5 Å². The number of alkyl halides is 3. The number of aryl methyl sites for hydroxylation is 2. The van der Waals surface area contributed by atoms with Gasteiger partial charge in [0.25, 0.3) is 0 Å². The zero-order valence-electron chi connectivity index (χ0n) is 16.6. The van der Waals surface area contributed by atoms with E-state index in [0.29, 0.717) is 19.0 Å². The average Bonchev–Trinajstić information content (AvgIpc) is 3.27. The normalized spacial score (nSPS) is 14.2. The average molecular weight is 545 g/mol. The Morgan fingerprint density at radius 3 is 2.45 bits per heavy atom. The van der Waals surface area contributed by atoms with Gasteiger partial charge in [-0.05, 0) is 25.5 Å². The molecule has 0 radical (unpaired) electrons. The number of guanidine groups is 1. The number of aromatic nitrogens is 2. The molecule has 0 amide bonds. The molecular formula is C18H27F3IN5OS. The van der Waals surface area contributed by atoms with E-state index in [1.807, 2.05) is 19.1 Å². The Hall–Kier alpha value is -1.34. The van der Waals surface area contributed by atoms with Crippen molar-refractivity contribution < 1.29 is 18.3 Å². The standard InChI is InChI=1S/C18H26F3N5OS.HI/c1-4-13-6-7-14(28-13)12-25-16(22-5-2)24-9-8-17(27,18(19,20)21)15-23-10-11-26(15)3;/h6-7,10-11,27H,4-5,8-9,12H2,1-3H3,(H2,22,24,25);1H. The molecule has 0 aliphatic rings. The maximum absolute atomic E-state index is 13.5. The maximum atomic E-state index is 13.5. The molecule has 29 heavy (non-hydrogen) atoms. The number of nitrogens with one attached hydrogen (secondary N) is 2. The van der Waals surface area contributed by atoms with Crippen LogP contribution in [-0.2, 0) is 25.6 Å². The molecule has 2 aromatic rings. The highest BCUT2D eigenvalue weighted by Crippen LogP contribution is 2.40. The summed E-state index contributed by atoms with van der Waals surface area (Å²) in [6.45, 7) is 4.83. The van der Waals surface area contributed by atoms with Crippen molar-refractivity contribution in [3.05, 3.63) is 40.1 Å². The lowest BCUT2D eigenvalue weighted by Crippen LogP contribution is -2.47. The summed E-state index contributed by atoms with van der Waals surface area (Å²) in [6, 6.07) is 4.05. The Morgan fingerprint density at radius 2 is 1.93 bits per heavy atom. The fraction of sp³-hybridized carbons (Fsp3) is 0.556. The lowest BCUT2D eigenvalue weighted by atomic mass is 9.97. The Kier molecular flexibility index (Phi) is 9.89. The minimum Gasteiger partial charge on any atom is -0.374 e. The van der Waals surface area contributed by atoms with Gasteiger partial charge in [-0.1, -0.05) is 6.92 Å². The van der Waals surface area contributed by atoms with Crippen molar-refractivity contribution in [1.82, 2.24) is 20.2 Å². The molecule has 0 saturated heterocycles. The first-order chi connectivity index (χ1) is 13.2. The maximum Gasteiger partial charge on any atom is 0.424 e. The molecule has 0 bridgehead atoms. The van der Waals surface area contributed by atoms with Crippen molar-refractivity contribution in [2.45, 2.75) is 45.0 Å². The summed E-state index contributed by atoms with van der Waals surface area (Å²) in [5.74, 6) is -0.0345. The van der Waals surface area contributed by atoms with Gasteiger partial charge in [0.1, 0.15) is 5.82 Å². The Bertz CT molecular complexity index is 793. The molecule has 0 fully saturated rings. The van der Waals surface area contributed by atoms with Crippen LogP contribution in [0.4, 0.5) is 13.2 Å². The molecule has 6 nitrogen and oxygen atoms in total. The summed E-state index contributed by atoms with van der Waals surface area (Å²) in [4.78, 5) is 10.4. The summed E-state index contributed by atoms with van der Waals surface area (Å²) in [5.41, 5.74) is -3.04. The van der Waals surface area contributed by atoms with E-state index < -0.39 is 24.0 Å². The first kappa shape index (κ1) is 25.7. The molecule has 2 rings (SSSR count). The van der Waals surface area contributed by atoms with Crippen LogP contribution >= 0.6 is 35.3 Å².